The Morgan fingerprint density at radius 2 is 2.14 bits per heavy atom. The number of pyridine rings is 1. The molecule has 1 amide bonds. The maximum atomic E-state index is 12.9. The molecule has 0 radical (unpaired) electrons. The number of nitrogens with zero attached hydrogens (tertiary/aromatic N) is 6. The third kappa shape index (κ3) is 3.31. The molecule has 0 saturated carbocycles. The van der Waals surface area contributed by atoms with Crippen LogP contribution in [0.2, 0.25) is 0 Å². The molecule has 3 aromatic heterocycles. The molecule has 1 aliphatic heterocycles. The molecule has 4 heterocycles. The summed E-state index contributed by atoms with van der Waals surface area (Å²) in [4.78, 5) is 41.5. The van der Waals surface area contributed by atoms with Crippen molar-refractivity contribution in [3.05, 3.63) is 35.9 Å². The fourth-order valence-corrected chi connectivity index (χ4v) is 4.28. The topological polar surface area (TPSA) is 93.5 Å². The summed E-state index contributed by atoms with van der Waals surface area (Å²) in [5.74, 6) is -0.420. The lowest BCUT2D eigenvalue weighted by Crippen LogP contribution is -2.54. The van der Waals surface area contributed by atoms with Crippen molar-refractivity contribution < 1.29 is 14.3 Å². The minimum atomic E-state index is -0.443. The van der Waals surface area contributed by atoms with Crippen LogP contribution in [0.3, 0.4) is 0 Å². The van der Waals surface area contributed by atoms with E-state index in [0.717, 1.165) is 10.5 Å². The van der Waals surface area contributed by atoms with Gasteiger partial charge in [0.15, 0.2) is 11.3 Å². The molecule has 3 aromatic rings. The first-order valence-corrected chi connectivity index (χ1v) is 9.78. The molecule has 0 spiro atoms. The molecule has 0 aromatic carbocycles. The summed E-state index contributed by atoms with van der Waals surface area (Å²) in [7, 11) is 1.35. The van der Waals surface area contributed by atoms with Gasteiger partial charge < -0.3 is 19.1 Å². The third-order valence-electron chi connectivity index (χ3n) is 4.84. The molecular weight excluding hydrogens is 380 g/mol. The van der Waals surface area contributed by atoms with Gasteiger partial charge in [0.05, 0.1) is 18.9 Å². The minimum Gasteiger partial charge on any atom is -0.464 e. The van der Waals surface area contributed by atoms with E-state index in [4.69, 9.17) is 4.74 Å². The summed E-state index contributed by atoms with van der Waals surface area (Å²) < 4.78 is 6.58. The maximum absolute atomic E-state index is 12.9. The highest BCUT2D eigenvalue weighted by Crippen LogP contribution is 2.28. The monoisotopic (exact) mass is 400 g/mol. The number of amides is 1. The third-order valence-corrected chi connectivity index (χ3v) is 5.73. The Morgan fingerprint density at radius 1 is 1.29 bits per heavy atom. The van der Waals surface area contributed by atoms with Crippen LogP contribution < -0.4 is 4.90 Å². The zero-order valence-corrected chi connectivity index (χ0v) is 16.4. The van der Waals surface area contributed by atoms with Gasteiger partial charge in [-0.2, -0.15) is 0 Å². The number of rotatable bonds is 4. The molecule has 1 fully saturated rings. The number of ether oxygens (including phenoxy) is 1. The van der Waals surface area contributed by atoms with Gasteiger partial charge in [-0.3, -0.25) is 4.79 Å². The number of carbonyl (C=O) groups excluding carboxylic acids is 2. The lowest BCUT2D eigenvalue weighted by atomic mass is 10.2. The fourth-order valence-electron chi connectivity index (χ4n) is 3.46. The zero-order valence-electron chi connectivity index (χ0n) is 15.6. The smallest absolute Gasteiger partial charge is 0.359 e. The van der Waals surface area contributed by atoms with Crippen LogP contribution >= 0.6 is 11.3 Å². The van der Waals surface area contributed by atoms with Crippen molar-refractivity contribution in [2.45, 2.75) is 19.5 Å². The predicted molar refractivity (Wildman–Crippen MR) is 104 cm³/mol. The van der Waals surface area contributed by atoms with Crippen molar-refractivity contribution in [1.82, 2.24) is 24.4 Å². The Balaban J connectivity index is 1.45. The van der Waals surface area contributed by atoms with Gasteiger partial charge in [-0.05, 0) is 19.1 Å². The summed E-state index contributed by atoms with van der Waals surface area (Å²) in [6, 6.07) is 3.69. The van der Waals surface area contributed by atoms with Crippen LogP contribution in [-0.4, -0.2) is 69.1 Å². The van der Waals surface area contributed by atoms with Gasteiger partial charge in [-0.25, -0.2) is 19.7 Å². The summed E-state index contributed by atoms with van der Waals surface area (Å²) in [5, 5.41) is 0.788. The van der Waals surface area contributed by atoms with Gasteiger partial charge in [-0.1, -0.05) is 0 Å². The van der Waals surface area contributed by atoms with Crippen molar-refractivity contribution in [3.63, 3.8) is 0 Å². The Labute approximate surface area is 165 Å². The molecule has 10 heteroatoms. The first-order chi connectivity index (χ1) is 13.6. The van der Waals surface area contributed by atoms with Gasteiger partial charge in [0.2, 0.25) is 5.91 Å². The van der Waals surface area contributed by atoms with E-state index in [-0.39, 0.29) is 18.5 Å². The van der Waals surface area contributed by atoms with Crippen molar-refractivity contribution in [2.24, 2.45) is 0 Å². The van der Waals surface area contributed by atoms with Crippen molar-refractivity contribution in [3.8, 4) is 0 Å². The average Bonchev–Trinajstić information content (AvgIpc) is 3.35. The molecule has 0 aliphatic carbocycles. The van der Waals surface area contributed by atoms with E-state index in [2.05, 4.69) is 19.9 Å². The summed E-state index contributed by atoms with van der Waals surface area (Å²) in [5.41, 5.74) is 3.44. The number of methoxy groups -OCH3 is 1. The van der Waals surface area contributed by atoms with E-state index < -0.39 is 5.97 Å². The predicted octanol–water partition coefficient (Wildman–Crippen LogP) is 1.41. The van der Waals surface area contributed by atoms with Crippen molar-refractivity contribution in [1.29, 1.82) is 0 Å². The zero-order chi connectivity index (χ0) is 19.7. The molecular formula is C18H20N6O3S. The molecule has 1 unspecified atom stereocenters. The van der Waals surface area contributed by atoms with Crippen LogP contribution in [0.5, 0.6) is 0 Å². The number of imidazole rings is 1. The fraction of sp³-hybridized carbons (Fsp3) is 0.389. The molecule has 0 N–H and O–H groups in total. The number of anilines is 1. The number of hydrogen-bond donors (Lipinski definition) is 0. The summed E-state index contributed by atoms with van der Waals surface area (Å²) in [6.45, 7) is 4.03. The molecule has 1 atom stereocenters. The Hall–Kier alpha value is -3.01. The minimum absolute atomic E-state index is 0.00316. The highest BCUT2D eigenvalue weighted by molar-refractivity contribution is 7.14. The van der Waals surface area contributed by atoms with Gasteiger partial charge in [-0.15, -0.1) is 11.3 Å². The molecule has 9 nitrogen and oxygen atoms in total. The van der Waals surface area contributed by atoms with Crippen molar-refractivity contribution >= 4 is 39.4 Å². The second kappa shape index (κ2) is 7.55. The highest BCUT2D eigenvalue weighted by Gasteiger charge is 2.30. The average molecular weight is 400 g/mol. The molecule has 1 saturated heterocycles. The SMILES string of the molecule is COC(=O)c1ncsc1N1CCN(C(=O)Cn2cnc3cccnc32)C(C)C1. The quantitative estimate of drug-likeness (QED) is 0.611. The largest absolute Gasteiger partial charge is 0.464 e. The molecule has 28 heavy (non-hydrogen) atoms. The van der Waals surface area contributed by atoms with Crippen LogP contribution in [0.1, 0.15) is 17.4 Å². The molecule has 0 bridgehead atoms. The Bertz CT molecular complexity index is 1020. The number of fused-ring (bicyclic) bond motifs is 1. The number of hydrogen-bond acceptors (Lipinski definition) is 8. The van der Waals surface area contributed by atoms with Crippen LogP contribution in [0.25, 0.3) is 11.2 Å². The second-order valence-corrected chi connectivity index (χ2v) is 7.43. The summed E-state index contributed by atoms with van der Waals surface area (Å²) in [6.07, 6.45) is 3.34. The van der Waals surface area contributed by atoms with Gasteiger partial charge >= 0.3 is 5.97 Å². The highest BCUT2D eigenvalue weighted by atomic mass is 32.1. The summed E-state index contributed by atoms with van der Waals surface area (Å²) >= 11 is 1.41. The Kier molecular flexibility index (Phi) is 4.95. The van der Waals surface area contributed by atoms with Crippen LogP contribution in [0.15, 0.2) is 30.2 Å². The van der Waals surface area contributed by atoms with Gasteiger partial charge in [0.25, 0.3) is 0 Å². The molecule has 4 rings (SSSR count). The first-order valence-electron chi connectivity index (χ1n) is 8.90. The van der Waals surface area contributed by atoms with Crippen LogP contribution in [0, 0.1) is 0 Å². The number of thiazole rings is 1. The van der Waals surface area contributed by atoms with Gasteiger partial charge in [0.1, 0.15) is 17.1 Å². The standard InChI is InChI=1S/C18H20N6O3S/c1-12-8-22(17-15(18(26)27-2)21-11-28-17)6-7-24(12)14(25)9-23-10-20-13-4-3-5-19-16(13)23/h3-5,10-12H,6-9H2,1-2H3. The van der Waals surface area contributed by atoms with E-state index in [1.54, 1.807) is 22.6 Å². The van der Waals surface area contributed by atoms with E-state index in [1.807, 2.05) is 24.0 Å². The van der Waals surface area contributed by atoms with E-state index >= 15 is 0 Å². The number of aromatic nitrogens is 4. The normalized spacial score (nSPS) is 17.1. The van der Waals surface area contributed by atoms with Gasteiger partial charge in [0, 0.05) is 31.9 Å². The van der Waals surface area contributed by atoms with Crippen molar-refractivity contribution in [2.75, 3.05) is 31.6 Å². The van der Waals surface area contributed by atoms with E-state index in [9.17, 15) is 9.59 Å². The van der Waals surface area contributed by atoms with Crippen LogP contribution in [0.4, 0.5) is 5.00 Å². The van der Waals surface area contributed by atoms with E-state index in [1.165, 1.54) is 18.4 Å². The lowest BCUT2D eigenvalue weighted by molar-refractivity contribution is -0.134. The number of esters is 1. The van der Waals surface area contributed by atoms with Crippen LogP contribution in [-0.2, 0) is 16.1 Å². The first kappa shape index (κ1) is 18.4. The molecule has 1 aliphatic rings. The Morgan fingerprint density at radius 3 is 2.93 bits per heavy atom. The molecule has 146 valence electrons. The van der Waals surface area contributed by atoms with E-state index in [0.29, 0.717) is 31.0 Å². The lowest BCUT2D eigenvalue weighted by Gasteiger charge is -2.40. The second-order valence-electron chi connectivity index (χ2n) is 6.60. The maximum Gasteiger partial charge on any atom is 0.359 e. The number of piperazine rings is 1. The number of carbonyl (C=O) groups is 2.